The first-order valence-corrected chi connectivity index (χ1v) is 13.9. The van der Waals surface area contributed by atoms with Gasteiger partial charge in [0.1, 0.15) is 0 Å². The number of aromatic carboxylic acids is 3. The molecule has 6 bridgehead atoms. The summed E-state index contributed by atoms with van der Waals surface area (Å²) < 4.78 is 0. The van der Waals surface area contributed by atoms with E-state index in [1.807, 2.05) is 36.4 Å². The smallest absolute Gasteiger partial charge is 0.335 e. The first-order valence-electron chi connectivity index (χ1n) is 13.9. The number of hydrogen-bond acceptors (Lipinski definition) is 4. The second-order valence-electron chi connectivity index (χ2n) is 10.6. The molecule has 5 N–H and O–H groups in total. The second-order valence-corrected chi connectivity index (χ2v) is 10.6. The van der Waals surface area contributed by atoms with Crippen molar-refractivity contribution in [2.45, 2.75) is 0 Å². The highest BCUT2D eigenvalue weighted by Gasteiger charge is 2.18. The number of aromatic amines is 2. The molecule has 6 aromatic rings. The third kappa shape index (κ3) is 4.88. The predicted molar refractivity (Wildman–Crippen MR) is 172 cm³/mol. The largest absolute Gasteiger partial charge is 0.478 e. The fraction of sp³-hybridized carbons (Fsp3) is 0. The van der Waals surface area contributed by atoms with Crippen LogP contribution in [-0.2, 0) is 0 Å². The standard InChI is InChI=1S/C36H23N3O6/c40-34(41)22-7-1-19(2-8-22)31-25-13-15-27(37-25)32(20-3-9-23(10-4-20)35(42)43)29-17-18-30(39-29)33(28-16-14-26(31)38-28)21-5-11-24(12-6-21)36(44)45/h1-18,37-38H,(H,40,41)(H,42,43)(H,44,45). The fourth-order valence-electron chi connectivity index (χ4n) is 5.69. The normalized spacial score (nSPS) is 11.6. The number of fused-ring (bicyclic) bond motifs is 6. The van der Waals surface area contributed by atoms with Gasteiger partial charge in [-0.15, -0.1) is 0 Å². The van der Waals surface area contributed by atoms with E-state index < -0.39 is 17.9 Å². The number of rotatable bonds is 6. The molecule has 0 atom stereocenters. The summed E-state index contributed by atoms with van der Waals surface area (Å²) in [5.41, 5.74) is 9.45. The van der Waals surface area contributed by atoms with Crippen molar-refractivity contribution in [3.05, 3.63) is 125 Å². The van der Waals surface area contributed by atoms with Gasteiger partial charge in [0.05, 0.1) is 28.1 Å². The fourth-order valence-corrected chi connectivity index (χ4v) is 5.69. The number of nitrogens with one attached hydrogen (secondary N) is 2. The van der Waals surface area contributed by atoms with E-state index in [4.69, 9.17) is 4.98 Å². The topological polar surface area (TPSA) is 156 Å². The van der Waals surface area contributed by atoms with Crippen LogP contribution in [0.1, 0.15) is 42.5 Å². The van der Waals surface area contributed by atoms with Crippen LogP contribution in [0.3, 0.4) is 0 Å². The molecule has 0 fully saturated rings. The number of carboxylic acid groups (broad SMARTS) is 3. The molecule has 1 aliphatic heterocycles. The van der Waals surface area contributed by atoms with Gasteiger partial charge in [-0.25, -0.2) is 19.4 Å². The maximum atomic E-state index is 11.6. The SMILES string of the molecule is O=C(O)c1ccc(-c2c3nc(c(-c4ccc(C(=O)O)cc4)c4ccc([nH]4)c(-c4ccc(C(=O)O)cc4)c4ccc2[nH]4)C=C3)cc1. The number of benzene rings is 3. The first-order chi connectivity index (χ1) is 21.8. The first kappa shape index (κ1) is 27.4. The highest BCUT2D eigenvalue weighted by molar-refractivity contribution is 6.01. The molecule has 218 valence electrons. The van der Waals surface area contributed by atoms with E-state index >= 15 is 0 Å². The summed E-state index contributed by atoms with van der Waals surface area (Å²) in [6.45, 7) is 0. The van der Waals surface area contributed by atoms with Gasteiger partial charge in [-0.1, -0.05) is 36.4 Å². The predicted octanol–water partition coefficient (Wildman–Crippen LogP) is 7.75. The van der Waals surface area contributed by atoms with E-state index in [1.165, 1.54) is 0 Å². The van der Waals surface area contributed by atoms with Crippen LogP contribution in [0.15, 0.2) is 97.1 Å². The van der Waals surface area contributed by atoms with Crippen molar-refractivity contribution in [2.75, 3.05) is 0 Å². The average Bonchev–Trinajstić information content (AvgIpc) is 3.82. The highest BCUT2D eigenvalue weighted by Crippen LogP contribution is 2.37. The molecule has 0 amide bonds. The van der Waals surface area contributed by atoms with Gasteiger partial charge in [0, 0.05) is 38.8 Å². The Morgan fingerprint density at radius 1 is 0.422 bits per heavy atom. The van der Waals surface area contributed by atoms with Crippen LogP contribution < -0.4 is 0 Å². The lowest BCUT2D eigenvalue weighted by atomic mass is 10.0. The minimum atomic E-state index is -1.02. The van der Waals surface area contributed by atoms with Crippen LogP contribution in [-0.4, -0.2) is 48.2 Å². The number of nitrogens with zero attached hydrogens (tertiary/aromatic N) is 1. The Balaban J connectivity index is 1.58. The number of carboxylic acids is 3. The number of carbonyl (C=O) groups is 3. The molecule has 3 aromatic carbocycles. The third-order valence-electron chi connectivity index (χ3n) is 7.86. The summed E-state index contributed by atoms with van der Waals surface area (Å²) in [5, 5.41) is 28.4. The zero-order valence-corrected chi connectivity index (χ0v) is 23.4. The Morgan fingerprint density at radius 2 is 0.711 bits per heavy atom. The van der Waals surface area contributed by atoms with Crippen molar-refractivity contribution >= 4 is 52.1 Å². The van der Waals surface area contributed by atoms with Gasteiger partial charge in [-0.05, 0) is 89.5 Å². The van der Waals surface area contributed by atoms with E-state index in [1.54, 1.807) is 72.8 Å². The van der Waals surface area contributed by atoms with Gasteiger partial charge >= 0.3 is 17.9 Å². The molecule has 1 aliphatic rings. The molecular formula is C36H23N3O6. The Morgan fingerprint density at radius 3 is 1.02 bits per heavy atom. The van der Waals surface area contributed by atoms with E-state index in [9.17, 15) is 29.7 Å². The zero-order valence-electron chi connectivity index (χ0n) is 23.4. The summed E-state index contributed by atoms with van der Waals surface area (Å²) in [5.74, 6) is -3.06. The lowest BCUT2D eigenvalue weighted by Gasteiger charge is -2.07. The van der Waals surface area contributed by atoms with Crippen molar-refractivity contribution in [3.63, 3.8) is 0 Å². The quantitative estimate of drug-likeness (QED) is 0.132. The van der Waals surface area contributed by atoms with E-state index in [2.05, 4.69) is 9.97 Å². The molecule has 7 rings (SSSR count). The summed E-state index contributed by atoms with van der Waals surface area (Å²) in [7, 11) is 0. The molecule has 9 nitrogen and oxygen atoms in total. The van der Waals surface area contributed by atoms with Gasteiger partial charge < -0.3 is 25.3 Å². The minimum Gasteiger partial charge on any atom is -0.478 e. The minimum absolute atomic E-state index is 0.165. The molecule has 45 heavy (non-hydrogen) atoms. The van der Waals surface area contributed by atoms with Gasteiger partial charge in [-0.2, -0.15) is 0 Å². The van der Waals surface area contributed by atoms with Crippen LogP contribution in [0, 0.1) is 0 Å². The van der Waals surface area contributed by atoms with Crippen molar-refractivity contribution < 1.29 is 29.7 Å². The van der Waals surface area contributed by atoms with Crippen molar-refractivity contribution in [3.8, 4) is 33.4 Å². The van der Waals surface area contributed by atoms with Gasteiger partial charge in [0.15, 0.2) is 0 Å². The van der Waals surface area contributed by atoms with E-state index in [-0.39, 0.29) is 16.7 Å². The Labute approximate surface area is 255 Å². The van der Waals surface area contributed by atoms with Crippen LogP contribution in [0.5, 0.6) is 0 Å². The number of H-pyrrole nitrogens is 2. The molecule has 4 heterocycles. The molecule has 9 heteroatoms. The molecule has 0 radical (unpaired) electrons. The van der Waals surface area contributed by atoms with E-state index in [0.29, 0.717) is 11.4 Å². The summed E-state index contributed by atoms with van der Waals surface area (Å²) >= 11 is 0. The molecule has 0 saturated carbocycles. The van der Waals surface area contributed by atoms with Crippen LogP contribution >= 0.6 is 0 Å². The molecule has 3 aromatic heterocycles. The molecule has 0 saturated heterocycles. The van der Waals surface area contributed by atoms with Crippen molar-refractivity contribution in [2.24, 2.45) is 0 Å². The van der Waals surface area contributed by atoms with Gasteiger partial charge in [0.2, 0.25) is 0 Å². The number of hydrogen-bond donors (Lipinski definition) is 5. The third-order valence-corrected chi connectivity index (χ3v) is 7.86. The maximum absolute atomic E-state index is 11.6. The highest BCUT2D eigenvalue weighted by atomic mass is 16.4. The van der Waals surface area contributed by atoms with E-state index in [0.717, 1.165) is 55.4 Å². The van der Waals surface area contributed by atoms with Gasteiger partial charge in [-0.3, -0.25) is 0 Å². The molecule has 0 spiro atoms. The Hall–Kier alpha value is -6.48. The monoisotopic (exact) mass is 593 g/mol. The Bertz CT molecular complexity index is 2140. The second kappa shape index (κ2) is 10.7. The van der Waals surface area contributed by atoms with Crippen molar-refractivity contribution in [1.82, 2.24) is 15.0 Å². The molecular weight excluding hydrogens is 570 g/mol. The summed E-state index contributed by atoms with van der Waals surface area (Å²) in [4.78, 5) is 46.8. The Kier molecular flexibility index (Phi) is 6.48. The zero-order chi connectivity index (χ0) is 31.2. The lowest BCUT2D eigenvalue weighted by Crippen LogP contribution is -1.96. The van der Waals surface area contributed by atoms with Crippen LogP contribution in [0.4, 0.5) is 0 Å². The number of aromatic nitrogens is 3. The summed E-state index contributed by atoms with van der Waals surface area (Å²) in [6.07, 6.45) is 3.80. The maximum Gasteiger partial charge on any atom is 0.335 e. The average molecular weight is 594 g/mol. The van der Waals surface area contributed by atoms with Crippen LogP contribution in [0.25, 0.3) is 67.6 Å². The summed E-state index contributed by atoms with van der Waals surface area (Å²) in [6, 6.07) is 27.6. The van der Waals surface area contributed by atoms with Gasteiger partial charge in [0.25, 0.3) is 0 Å². The van der Waals surface area contributed by atoms with Crippen LogP contribution in [0.2, 0.25) is 0 Å². The lowest BCUT2D eigenvalue weighted by molar-refractivity contribution is 0.0686. The molecule has 0 unspecified atom stereocenters. The van der Waals surface area contributed by atoms with Crippen molar-refractivity contribution in [1.29, 1.82) is 0 Å². The molecule has 0 aliphatic carbocycles.